The summed E-state index contributed by atoms with van der Waals surface area (Å²) >= 11 is 6.30. The van der Waals surface area contributed by atoms with Gasteiger partial charge in [-0.1, -0.05) is 11.6 Å². The van der Waals surface area contributed by atoms with E-state index in [1.165, 1.54) is 0 Å². The van der Waals surface area contributed by atoms with Crippen LogP contribution in [0, 0.1) is 13.8 Å². The number of aryl methyl sites for hydroxylation is 3. The molecular weight excluding hydrogens is 260 g/mol. The molecule has 5 heteroatoms. The van der Waals surface area contributed by atoms with Gasteiger partial charge >= 0.3 is 0 Å². The molecule has 2 aromatic rings. The Hall–Kier alpha value is -1.39. The van der Waals surface area contributed by atoms with Crippen molar-refractivity contribution in [3.8, 4) is 0 Å². The van der Waals surface area contributed by atoms with Crippen LogP contribution in [0.3, 0.4) is 0 Å². The maximum Gasteiger partial charge on any atom is 0.0847 e. The molecule has 19 heavy (non-hydrogen) atoms. The highest BCUT2D eigenvalue weighted by Crippen LogP contribution is 2.25. The first-order valence-electron chi connectivity index (χ1n) is 6.42. The van der Waals surface area contributed by atoms with E-state index in [1.807, 2.05) is 37.6 Å². The van der Waals surface area contributed by atoms with E-state index in [9.17, 15) is 0 Å². The Kier molecular flexibility index (Phi) is 4.22. The summed E-state index contributed by atoms with van der Waals surface area (Å²) in [6, 6.07) is 3.86. The number of hydrogen-bond donors (Lipinski definition) is 1. The van der Waals surface area contributed by atoms with Crippen LogP contribution in [0.5, 0.6) is 0 Å². The summed E-state index contributed by atoms with van der Waals surface area (Å²) in [5.74, 6) is 0. The lowest BCUT2D eigenvalue weighted by Gasteiger charge is -2.13. The summed E-state index contributed by atoms with van der Waals surface area (Å²) in [6.45, 7) is 6.73. The fraction of sp³-hybridized carbons (Fsp3) is 0.429. The molecule has 0 aliphatic carbocycles. The maximum atomic E-state index is 6.30. The molecule has 0 bridgehead atoms. The molecule has 2 aromatic heterocycles. The molecule has 0 saturated carbocycles. The van der Waals surface area contributed by atoms with Crippen LogP contribution in [-0.4, -0.2) is 14.8 Å². The Bertz CT molecular complexity index is 577. The van der Waals surface area contributed by atoms with Gasteiger partial charge < -0.3 is 5.73 Å². The number of pyridine rings is 1. The lowest BCUT2D eigenvalue weighted by molar-refractivity contribution is 0.587. The zero-order chi connectivity index (χ0) is 14.0. The first-order valence-corrected chi connectivity index (χ1v) is 6.80. The average molecular weight is 279 g/mol. The van der Waals surface area contributed by atoms with Gasteiger partial charge in [-0.05, 0) is 38.5 Å². The van der Waals surface area contributed by atoms with Crippen LogP contribution in [0.2, 0.25) is 5.02 Å². The van der Waals surface area contributed by atoms with Gasteiger partial charge in [0.05, 0.1) is 16.4 Å². The second-order valence-electron chi connectivity index (χ2n) is 4.70. The largest absolute Gasteiger partial charge is 0.324 e. The fourth-order valence-electron chi connectivity index (χ4n) is 2.19. The summed E-state index contributed by atoms with van der Waals surface area (Å²) in [5.41, 5.74) is 10.2. The predicted octanol–water partition coefficient (Wildman–Crippen LogP) is 2.81. The molecule has 0 aliphatic heterocycles. The molecule has 4 nitrogen and oxygen atoms in total. The SMILES string of the molecule is CCn1nc(C)c(Cl)c1CC(N)c1ccnc(C)c1. The topological polar surface area (TPSA) is 56.7 Å². The highest BCUT2D eigenvalue weighted by molar-refractivity contribution is 6.31. The summed E-state index contributed by atoms with van der Waals surface area (Å²) in [5, 5.41) is 5.13. The maximum absolute atomic E-state index is 6.30. The van der Waals surface area contributed by atoms with Crippen LogP contribution in [0.25, 0.3) is 0 Å². The summed E-state index contributed by atoms with van der Waals surface area (Å²) in [6.07, 6.45) is 2.46. The van der Waals surface area contributed by atoms with E-state index in [4.69, 9.17) is 17.3 Å². The molecule has 2 heterocycles. The van der Waals surface area contributed by atoms with Gasteiger partial charge in [0.1, 0.15) is 0 Å². The molecule has 0 saturated heterocycles. The fourth-order valence-corrected chi connectivity index (χ4v) is 2.40. The van der Waals surface area contributed by atoms with Gasteiger partial charge in [-0.3, -0.25) is 9.67 Å². The van der Waals surface area contributed by atoms with Crippen molar-refractivity contribution in [2.45, 2.75) is 39.8 Å². The van der Waals surface area contributed by atoms with Gasteiger partial charge in [0, 0.05) is 30.9 Å². The molecular formula is C14H19ClN4. The monoisotopic (exact) mass is 278 g/mol. The standard InChI is InChI=1S/C14H19ClN4/c1-4-19-13(14(15)10(3)18-19)8-12(16)11-5-6-17-9(2)7-11/h5-7,12H,4,8,16H2,1-3H3. The van der Waals surface area contributed by atoms with E-state index in [1.54, 1.807) is 6.20 Å². The number of halogens is 1. The van der Waals surface area contributed by atoms with Crippen LogP contribution in [0.15, 0.2) is 18.3 Å². The van der Waals surface area contributed by atoms with Crippen molar-refractivity contribution in [3.05, 3.63) is 46.0 Å². The smallest absolute Gasteiger partial charge is 0.0847 e. The first-order chi connectivity index (χ1) is 9.02. The van der Waals surface area contributed by atoms with Crippen molar-refractivity contribution in [2.24, 2.45) is 5.73 Å². The number of aromatic nitrogens is 3. The normalized spacial score (nSPS) is 12.7. The molecule has 0 aliphatic rings. The Morgan fingerprint density at radius 3 is 2.79 bits per heavy atom. The van der Waals surface area contributed by atoms with Gasteiger partial charge in [0.15, 0.2) is 0 Å². The summed E-state index contributed by atoms with van der Waals surface area (Å²) in [4.78, 5) is 4.19. The van der Waals surface area contributed by atoms with Crippen LogP contribution in [0.1, 0.15) is 35.6 Å². The molecule has 102 valence electrons. The van der Waals surface area contributed by atoms with Gasteiger partial charge in [0.25, 0.3) is 0 Å². The molecule has 1 unspecified atom stereocenters. The molecule has 0 amide bonds. The minimum absolute atomic E-state index is 0.0967. The number of hydrogen-bond acceptors (Lipinski definition) is 3. The van der Waals surface area contributed by atoms with E-state index < -0.39 is 0 Å². The van der Waals surface area contributed by atoms with E-state index in [-0.39, 0.29) is 6.04 Å². The number of rotatable bonds is 4. The average Bonchev–Trinajstić information content (AvgIpc) is 2.66. The van der Waals surface area contributed by atoms with Crippen molar-refractivity contribution < 1.29 is 0 Å². The van der Waals surface area contributed by atoms with Crippen molar-refractivity contribution in [1.29, 1.82) is 0 Å². The highest BCUT2D eigenvalue weighted by atomic mass is 35.5. The number of nitrogens with zero attached hydrogens (tertiary/aromatic N) is 3. The van der Waals surface area contributed by atoms with Gasteiger partial charge in [-0.15, -0.1) is 0 Å². The van der Waals surface area contributed by atoms with E-state index >= 15 is 0 Å². The van der Waals surface area contributed by atoms with Crippen molar-refractivity contribution in [3.63, 3.8) is 0 Å². The third kappa shape index (κ3) is 2.96. The molecule has 0 aromatic carbocycles. The van der Waals surface area contributed by atoms with Crippen molar-refractivity contribution in [2.75, 3.05) is 0 Å². The van der Waals surface area contributed by atoms with E-state index in [2.05, 4.69) is 10.1 Å². The second kappa shape index (κ2) is 5.72. The first kappa shape index (κ1) is 14.0. The van der Waals surface area contributed by atoms with Crippen LogP contribution in [0.4, 0.5) is 0 Å². The van der Waals surface area contributed by atoms with E-state index in [0.717, 1.165) is 34.2 Å². The Morgan fingerprint density at radius 2 is 2.16 bits per heavy atom. The zero-order valence-corrected chi connectivity index (χ0v) is 12.3. The third-order valence-electron chi connectivity index (χ3n) is 3.21. The van der Waals surface area contributed by atoms with Gasteiger partial charge in [-0.2, -0.15) is 5.10 Å². The third-order valence-corrected chi connectivity index (χ3v) is 3.71. The van der Waals surface area contributed by atoms with Crippen LogP contribution >= 0.6 is 11.6 Å². The quantitative estimate of drug-likeness (QED) is 0.936. The summed E-state index contributed by atoms with van der Waals surface area (Å²) in [7, 11) is 0. The molecule has 2 rings (SSSR count). The Morgan fingerprint density at radius 1 is 1.42 bits per heavy atom. The summed E-state index contributed by atoms with van der Waals surface area (Å²) < 4.78 is 1.92. The lowest BCUT2D eigenvalue weighted by atomic mass is 10.0. The number of nitrogens with two attached hydrogens (primary N) is 1. The van der Waals surface area contributed by atoms with E-state index in [0.29, 0.717) is 6.42 Å². The molecule has 0 radical (unpaired) electrons. The predicted molar refractivity (Wildman–Crippen MR) is 77.3 cm³/mol. The highest BCUT2D eigenvalue weighted by Gasteiger charge is 2.16. The van der Waals surface area contributed by atoms with Crippen LogP contribution < -0.4 is 5.73 Å². The minimum atomic E-state index is -0.0967. The van der Waals surface area contributed by atoms with Crippen molar-refractivity contribution >= 4 is 11.6 Å². The van der Waals surface area contributed by atoms with Crippen molar-refractivity contribution in [1.82, 2.24) is 14.8 Å². The van der Waals surface area contributed by atoms with Crippen LogP contribution in [-0.2, 0) is 13.0 Å². The molecule has 2 N–H and O–H groups in total. The second-order valence-corrected chi connectivity index (χ2v) is 5.08. The van der Waals surface area contributed by atoms with Gasteiger partial charge in [-0.25, -0.2) is 0 Å². The molecule has 0 spiro atoms. The van der Waals surface area contributed by atoms with Gasteiger partial charge in [0.2, 0.25) is 0 Å². The molecule has 1 atom stereocenters. The zero-order valence-electron chi connectivity index (χ0n) is 11.5. The Balaban J connectivity index is 2.26. The lowest BCUT2D eigenvalue weighted by Crippen LogP contribution is -2.16. The molecule has 0 fully saturated rings. The Labute approximate surface area is 118 Å². The minimum Gasteiger partial charge on any atom is -0.324 e.